The average Bonchev–Trinajstić information content (AvgIpc) is 3.15. The van der Waals surface area contributed by atoms with Crippen LogP contribution in [0.3, 0.4) is 0 Å². The fourth-order valence-electron chi connectivity index (χ4n) is 5.59. The highest BCUT2D eigenvalue weighted by Crippen LogP contribution is 1.97. The third-order valence-corrected chi connectivity index (χ3v) is 9.34. The maximum Gasteiger partial charge on any atom is 0.0662 e. The van der Waals surface area contributed by atoms with E-state index >= 15 is 0 Å². The highest BCUT2D eigenvalue weighted by Gasteiger charge is 2.13. The molecule has 0 amide bonds. The second-order valence-electron chi connectivity index (χ2n) is 13.8. The lowest BCUT2D eigenvalue weighted by molar-refractivity contribution is 0.160. The third-order valence-electron chi connectivity index (χ3n) is 9.34. The van der Waals surface area contributed by atoms with Crippen molar-refractivity contribution in [3.05, 3.63) is 0 Å². The minimum Gasteiger partial charge on any atom is -0.392 e. The summed E-state index contributed by atoms with van der Waals surface area (Å²) in [5, 5.41) is 50.2. The van der Waals surface area contributed by atoms with E-state index in [2.05, 4.69) is 51.5 Å². The van der Waals surface area contributed by atoms with Gasteiger partial charge < -0.3 is 64.4 Å². The molecule has 0 saturated heterocycles. The Morgan fingerprint density at radius 1 is 0.346 bits per heavy atom. The molecule has 16 heteroatoms. The lowest BCUT2D eigenvalue weighted by Crippen LogP contribution is -2.46. The van der Waals surface area contributed by atoms with E-state index in [1.807, 2.05) is 20.8 Å². The van der Waals surface area contributed by atoms with Crippen LogP contribution in [-0.4, -0.2) is 230 Å². The van der Waals surface area contributed by atoms with Gasteiger partial charge in [0.1, 0.15) is 0 Å². The van der Waals surface area contributed by atoms with Gasteiger partial charge in [0.05, 0.1) is 18.3 Å². The van der Waals surface area contributed by atoms with Crippen LogP contribution in [0.25, 0.3) is 0 Å². The molecule has 0 aromatic heterocycles. The number of hydrogen-bond donors (Lipinski definition) is 12. The van der Waals surface area contributed by atoms with Crippen LogP contribution >= 0.6 is 0 Å². The molecular weight excluding hydrogens is 662 g/mol. The zero-order valence-corrected chi connectivity index (χ0v) is 33.8. The first-order chi connectivity index (χ1) is 25.3. The standard InChI is InChI=1S/C36H87N13O3/c1-4-34(50)31-43-12-11-41-14-22-48(23-16-42-15-21-46(19-8-38)25-17-44-32-35(51)5-2)28-30-49(24-13-40-10-7-37)29-27-47(20-9-39)26-18-45-33-36(52)6-3/h34-36,40-45,50-52H,4-33,37-39H2,1-3H3. The minimum absolute atomic E-state index is 0.283. The summed E-state index contributed by atoms with van der Waals surface area (Å²) >= 11 is 0. The summed E-state index contributed by atoms with van der Waals surface area (Å²) in [5.74, 6) is 0. The van der Waals surface area contributed by atoms with E-state index in [1.165, 1.54) is 0 Å². The smallest absolute Gasteiger partial charge is 0.0662 e. The molecule has 0 saturated carbocycles. The molecule has 0 aliphatic rings. The molecule has 0 bridgehead atoms. The van der Waals surface area contributed by atoms with Crippen molar-refractivity contribution in [3.63, 3.8) is 0 Å². The monoisotopic (exact) mass is 750 g/mol. The number of nitrogens with two attached hydrogens (primary N) is 3. The van der Waals surface area contributed by atoms with Crippen LogP contribution in [0.4, 0.5) is 0 Å². The Hall–Kier alpha value is -0.640. The summed E-state index contributed by atoms with van der Waals surface area (Å²) in [6.45, 7) is 28.8. The molecule has 0 aromatic rings. The molecule has 0 aromatic carbocycles. The van der Waals surface area contributed by atoms with Crippen molar-refractivity contribution >= 4 is 0 Å². The van der Waals surface area contributed by atoms with Gasteiger partial charge in [-0.05, 0) is 19.3 Å². The van der Waals surface area contributed by atoms with Crippen molar-refractivity contribution in [2.45, 2.75) is 58.3 Å². The topological polar surface area (TPSA) is 224 Å². The zero-order valence-electron chi connectivity index (χ0n) is 33.8. The van der Waals surface area contributed by atoms with Crippen molar-refractivity contribution in [1.82, 2.24) is 51.5 Å². The number of hydrogen-bond acceptors (Lipinski definition) is 16. The maximum atomic E-state index is 9.88. The van der Waals surface area contributed by atoms with Crippen LogP contribution in [0.5, 0.6) is 0 Å². The predicted octanol–water partition coefficient (Wildman–Crippen LogP) is -4.08. The van der Waals surface area contributed by atoms with Crippen molar-refractivity contribution in [2.24, 2.45) is 17.2 Å². The summed E-state index contributed by atoms with van der Waals surface area (Å²) in [4.78, 5) is 9.90. The number of rotatable bonds is 42. The molecule has 0 aliphatic heterocycles. The van der Waals surface area contributed by atoms with Gasteiger partial charge in [0.2, 0.25) is 0 Å². The summed E-state index contributed by atoms with van der Waals surface area (Å²) in [5.41, 5.74) is 17.6. The Kier molecular flexibility index (Phi) is 38.2. The molecule has 0 rings (SSSR count). The Morgan fingerprint density at radius 3 is 0.981 bits per heavy atom. The molecule has 0 heterocycles. The Morgan fingerprint density at radius 2 is 0.615 bits per heavy atom. The maximum absolute atomic E-state index is 9.88. The van der Waals surface area contributed by atoms with E-state index in [-0.39, 0.29) is 18.3 Å². The summed E-state index contributed by atoms with van der Waals surface area (Å²) in [7, 11) is 0. The van der Waals surface area contributed by atoms with Gasteiger partial charge in [0.15, 0.2) is 0 Å². The molecule has 3 atom stereocenters. The van der Waals surface area contributed by atoms with Gasteiger partial charge in [-0.3, -0.25) is 19.6 Å². The number of aliphatic hydroxyl groups excluding tert-OH is 3. The molecule has 3 unspecified atom stereocenters. The van der Waals surface area contributed by atoms with E-state index in [0.717, 1.165) is 157 Å². The fourth-order valence-corrected chi connectivity index (χ4v) is 5.59. The molecule has 314 valence electrons. The lowest BCUT2D eigenvalue weighted by atomic mass is 10.3. The second-order valence-corrected chi connectivity index (χ2v) is 13.8. The van der Waals surface area contributed by atoms with Crippen molar-refractivity contribution in [3.8, 4) is 0 Å². The molecule has 15 N–H and O–H groups in total. The molecule has 0 radical (unpaired) electrons. The molecule has 0 aliphatic carbocycles. The van der Waals surface area contributed by atoms with Crippen LogP contribution in [0.2, 0.25) is 0 Å². The number of nitrogens with zero attached hydrogens (tertiary/aromatic N) is 4. The quantitative estimate of drug-likeness (QED) is 0.0267. The van der Waals surface area contributed by atoms with Crippen LogP contribution in [0.15, 0.2) is 0 Å². The highest BCUT2D eigenvalue weighted by molar-refractivity contribution is 4.72. The van der Waals surface area contributed by atoms with Gasteiger partial charge >= 0.3 is 0 Å². The molecule has 0 fully saturated rings. The highest BCUT2D eigenvalue weighted by atomic mass is 16.3. The summed E-state index contributed by atoms with van der Waals surface area (Å²) < 4.78 is 0. The van der Waals surface area contributed by atoms with Crippen LogP contribution in [0.1, 0.15) is 40.0 Å². The second kappa shape index (κ2) is 38.6. The van der Waals surface area contributed by atoms with Gasteiger partial charge in [-0.1, -0.05) is 20.8 Å². The van der Waals surface area contributed by atoms with Crippen LogP contribution in [0, 0.1) is 0 Å². The summed E-state index contributed by atoms with van der Waals surface area (Å²) in [6.07, 6.45) is 1.42. The minimum atomic E-state index is -0.297. The lowest BCUT2D eigenvalue weighted by Gasteiger charge is -2.30. The first-order valence-corrected chi connectivity index (χ1v) is 20.6. The molecule has 52 heavy (non-hydrogen) atoms. The molecule has 0 spiro atoms. The average molecular weight is 750 g/mol. The first kappa shape index (κ1) is 51.4. The van der Waals surface area contributed by atoms with Gasteiger partial charge in [0.25, 0.3) is 0 Å². The summed E-state index contributed by atoms with van der Waals surface area (Å²) in [6, 6.07) is 0. The third kappa shape index (κ3) is 32.8. The Balaban J connectivity index is 5.09. The Bertz CT molecular complexity index is 722. The van der Waals surface area contributed by atoms with Gasteiger partial charge in [0, 0.05) is 177 Å². The van der Waals surface area contributed by atoms with E-state index in [9.17, 15) is 15.3 Å². The van der Waals surface area contributed by atoms with E-state index in [0.29, 0.717) is 39.3 Å². The van der Waals surface area contributed by atoms with Gasteiger partial charge in [-0.15, -0.1) is 0 Å². The van der Waals surface area contributed by atoms with Crippen molar-refractivity contribution in [2.75, 3.05) is 177 Å². The molecular formula is C36H87N13O3. The Labute approximate surface area is 318 Å². The normalized spacial score (nSPS) is 14.0. The van der Waals surface area contributed by atoms with E-state index < -0.39 is 0 Å². The SMILES string of the molecule is CCC(O)CNCCNCCN(CCNCCN(CCN)CCNCC(O)CC)CCN(CCNCCN)CCN(CCN)CCNCC(O)CC. The van der Waals surface area contributed by atoms with E-state index in [4.69, 9.17) is 17.2 Å². The van der Waals surface area contributed by atoms with Crippen molar-refractivity contribution in [1.29, 1.82) is 0 Å². The zero-order chi connectivity index (χ0) is 38.5. The predicted molar refractivity (Wildman–Crippen MR) is 219 cm³/mol. The largest absolute Gasteiger partial charge is 0.392 e. The number of aliphatic hydroxyl groups is 3. The van der Waals surface area contributed by atoms with Crippen LogP contribution in [-0.2, 0) is 0 Å². The first-order valence-electron chi connectivity index (χ1n) is 20.6. The number of nitrogens with one attached hydrogen (secondary N) is 6. The van der Waals surface area contributed by atoms with E-state index in [1.54, 1.807) is 0 Å². The van der Waals surface area contributed by atoms with Gasteiger partial charge in [-0.2, -0.15) is 0 Å². The molecule has 16 nitrogen and oxygen atoms in total. The van der Waals surface area contributed by atoms with Crippen molar-refractivity contribution < 1.29 is 15.3 Å². The van der Waals surface area contributed by atoms with Crippen LogP contribution < -0.4 is 49.1 Å². The fraction of sp³-hybridized carbons (Fsp3) is 1.00. The van der Waals surface area contributed by atoms with Gasteiger partial charge in [-0.25, -0.2) is 0 Å².